The standard InChI is InChI=1S/C17H21N5O4S2/c1-13(23)22-8-16(24)21(14-3-6-27-9-14)11-17(22)4-5-20(10-17)28(25,26)15-7-19(2)12-18-15/h3,6-7,9,12H,4-5,8,10-11H2,1-2H3/t17-/m1/s1. The third-order valence-electron chi connectivity index (χ3n) is 5.40. The van der Waals surface area contributed by atoms with E-state index in [0.717, 1.165) is 5.69 Å². The van der Waals surface area contributed by atoms with Crippen LogP contribution < -0.4 is 4.90 Å². The highest BCUT2D eigenvalue weighted by Gasteiger charge is 2.52. The van der Waals surface area contributed by atoms with Crippen LogP contribution in [0.5, 0.6) is 0 Å². The molecular formula is C17H21N5O4S2. The number of aryl methyl sites for hydroxylation is 1. The van der Waals surface area contributed by atoms with Crippen molar-refractivity contribution in [3.05, 3.63) is 29.4 Å². The molecule has 2 aromatic rings. The summed E-state index contributed by atoms with van der Waals surface area (Å²) in [4.78, 5) is 32.1. The predicted molar refractivity (Wildman–Crippen MR) is 103 cm³/mol. The summed E-state index contributed by atoms with van der Waals surface area (Å²) in [6, 6.07) is 1.86. The van der Waals surface area contributed by atoms with E-state index in [1.165, 1.54) is 40.0 Å². The van der Waals surface area contributed by atoms with Gasteiger partial charge in [-0.15, -0.1) is 0 Å². The molecule has 2 fully saturated rings. The molecule has 0 unspecified atom stereocenters. The van der Waals surface area contributed by atoms with Gasteiger partial charge in [0.15, 0.2) is 5.03 Å². The van der Waals surface area contributed by atoms with E-state index in [-0.39, 0.29) is 43.0 Å². The summed E-state index contributed by atoms with van der Waals surface area (Å²) in [5.74, 6) is -0.388. The molecule has 0 aromatic carbocycles. The number of aromatic nitrogens is 2. The number of rotatable bonds is 3. The first kappa shape index (κ1) is 19.1. The summed E-state index contributed by atoms with van der Waals surface area (Å²) >= 11 is 1.49. The second-order valence-corrected chi connectivity index (χ2v) is 9.92. The van der Waals surface area contributed by atoms with Gasteiger partial charge in [0.05, 0.1) is 24.1 Å². The maximum Gasteiger partial charge on any atom is 0.262 e. The maximum atomic E-state index is 13.0. The zero-order chi connectivity index (χ0) is 20.1. The molecule has 4 rings (SSSR count). The molecule has 9 nitrogen and oxygen atoms in total. The van der Waals surface area contributed by atoms with Crippen molar-refractivity contribution in [1.29, 1.82) is 0 Å². The molecule has 150 valence electrons. The molecule has 2 aliphatic heterocycles. The molecule has 0 saturated carbocycles. The van der Waals surface area contributed by atoms with Crippen LogP contribution in [0.3, 0.4) is 0 Å². The van der Waals surface area contributed by atoms with Crippen LogP contribution in [0, 0.1) is 0 Å². The van der Waals surface area contributed by atoms with Crippen molar-refractivity contribution < 1.29 is 18.0 Å². The fraction of sp³-hybridized carbons (Fsp3) is 0.471. The molecule has 2 saturated heterocycles. The number of hydrogen-bond donors (Lipinski definition) is 0. The van der Waals surface area contributed by atoms with Gasteiger partial charge in [0, 0.05) is 38.6 Å². The van der Waals surface area contributed by atoms with Crippen molar-refractivity contribution in [2.75, 3.05) is 31.1 Å². The largest absolute Gasteiger partial charge is 0.339 e. The van der Waals surface area contributed by atoms with Gasteiger partial charge in [-0.25, -0.2) is 13.4 Å². The Kier molecular flexibility index (Phi) is 4.55. The summed E-state index contributed by atoms with van der Waals surface area (Å²) < 4.78 is 28.9. The van der Waals surface area contributed by atoms with E-state index in [1.54, 1.807) is 16.5 Å². The van der Waals surface area contributed by atoms with E-state index in [1.807, 2.05) is 16.8 Å². The minimum Gasteiger partial charge on any atom is -0.339 e. The number of hydrogen-bond acceptors (Lipinski definition) is 6. The molecule has 28 heavy (non-hydrogen) atoms. The second-order valence-electron chi connectivity index (χ2n) is 7.26. The molecule has 1 spiro atoms. The number of imidazole rings is 1. The Hall–Kier alpha value is -2.24. The monoisotopic (exact) mass is 423 g/mol. The van der Waals surface area contributed by atoms with Crippen LogP contribution in [0.2, 0.25) is 0 Å². The van der Waals surface area contributed by atoms with Crippen LogP contribution >= 0.6 is 11.3 Å². The lowest BCUT2D eigenvalue weighted by Crippen LogP contribution is -2.66. The molecule has 2 aliphatic rings. The first-order valence-corrected chi connectivity index (χ1v) is 11.2. The van der Waals surface area contributed by atoms with E-state index in [0.29, 0.717) is 6.42 Å². The van der Waals surface area contributed by atoms with Crippen LogP contribution in [0.15, 0.2) is 34.4 Å². The van der Waals surface area contributed by atoms with E-state index in [2.05, 4.69) is 4.98 Å². The van der Waals surface area contributed by atoms with Crippen LogP contribution in [0.25, 0.3) is 0 Å². The fourth-order valence-electron chi connectivity index (χ4n) is 3.98. The van der Waals surface area contributed by atoms with Crippen molar-refractivity contribution in [3.8, 4) is 0 Å². The summed E-state index contributed by atoms with van der Waals surface area (Å²) in [5, 5.41) is 3.76. The lowest BCUT2D eigenvalue weighted by atomic mass is 9.92. The number of amides is 2. The molecule has 2 aromatic heterocycles. The zero-order valence-electron chi connectivity index (χ0n) is 15.6. The van der Waals surface area contributed by atoms with E-state index < -0.39 is 15.6 Å². The summed E-state index contributed by atoms with van der Waals surface area (Å²) in [6.07, 6.45) is 3.37. The quantitative estimate of drug-likeness (QED) is 0.717. The Bertz CT molecular complexity index is 1020. The van der Waals surface area contributed by atoms with Crippen LogP contribution in [0.4, 0.5) is 5.69 Å². The molecule has 4 heterocycles. The van der Waals surface area contributed by atoms with E-state index >= 15 is 0 Å². The second kappa shape index (κ2) is 6.68. The van der Waals surface area contributed by atoms with Gasteiger partial charge in [-0.1, -0.05) is 0 Å². The van der Waals surface area contributed by atoms with Gasteiger partial charge >= 0.3 is 0 Å². The first-order valence-electron chi connectivity index (χ1n) is 8.82. The topological polar surface area (TPSA) is 95.8 Å². The SMILES string of the molecule is CC(=O)N1CC(=O)N(c2ccsc2)C[C@]12CCN(S(=O)(=O)c1cn(C)cn1)C2. The first-order chi connectivity index (χ1) is 13.2. The van der Waals surface area contributed by atoms with Gasteiger partial charge in [-0.2, -0.15) is 15.6 Å². The van der Waals surface area contributed by atoms with Crippen molar-refractivity contribution in [1.82, 2.24) is 18.8 Å². The third kappa shape index (κ3) is 3.03. The van der Waals surface area contributed by atoms with Gasteiger partial charge in [0.1, 0.15) is 6.54 Å². The van der Waals surface area contributed by atoms with Gasteiger partial charge in [-0.05, 0) is 17.9 Å². The minimum atomic E-state index is -3.77. The maximum absolute atomic E-state index is 13.0. The molecule has 1 atom stereocenters. The van der Waals surface area contributed by atoms with E-state index in [9.17, 15) is 18.0 Å². The number of thiophene rings is 1. The highest BCUT2D eigenvalue weighted by atomic mass is 32.2. The molecular weight excluding hydrogens is 402 g/mol. The summed E-state index contributed by atoms with van der Waals surface area (Å²) in [6.45, 7) is 2.05. The van der Waals surface area contributed by atoms with Crippen molar-refractivity contribution >= 4 is 38.9 Å². The van der Waals surface area contributed by atoms with Crippen LogP contribution in [-0.4, -0.2) is 70.7 Å². The average Bonchev–Trinajstić information content (AvgIpc) is 3.38. The molecule has 0 aliphatic carbocycles. The Morgan fingerprint density at radius 2 is 2.11 bits per heavy atom. The van der Waals surface area contributed by atoms with Crippen molar-refractivity contribution in [3.63, 3.8) is 0 Å². The van der Waals surface area contributed by atoms with Crippen molar-refractivity contribution in [2.24, 2.45) is 7.05 Å². The number of nitrogens with zero attached hydrogens (tertiary/aromatic N) is 5. The highest BCUT2D eigenvalue weighted by molar-refractivity contribution is 7.89. The zero-order valence-corrected chi connectivity index (χ0v) is 17.2. The Morgan fingerprint density at radius 1 is 1.32 bits per heavy atom. The predicted octanol–water partition coefficient (Wildman–Crippen LogP) is 0.510. The van der Waals surface area contributed by atoms with Crippen LogP contribution in [-0.2, 0) is 26.7 Å². The lowest BCUT2D eigenvalue weighted by Gasteiger charge is -2.47. The third-order valence-corrected chi connectivity index (χ3v) is 7.80. The number of carbonyl (C=O) groups excluding carboxylic acids is 2. The molecule has 0 N–H and O–H groups in total. The Balaban J connectivity index is 1.66. The minimum absolute atomic E-state index is 0.0111. The molecule has 0 bridgehead atoms. The van der Waals surface area contributed by atoms with Gasteiger partial charge in [0.25, 0.3) is 10.0 Å². The molecule has 2 amide bonds. The van der Waals surface area contributed by atoms with Gasteiger partial charge in [0.2, 0.25) is 11.8 Å². The van der Waals surface area contributed by atoms with E-state index in [4.69, 9.17) is 0 Å². The molecule has 0 radical (unpaired) electrons. The Labute approximate surface area is 167 Å². The smallest absolute Gasteiger partial charge is 0.262 e. The number of carbonyl (C=O) groups is 2. The normalized spacial score (nSPS) is 23.7. The lowest BCUT2D eigenvalue weighted by molar-refractivity contribution is -0.142. The number of piperazine rings is 1. The van der Waals surface area contributed by atoms with Gasteiger partial charge < -0.3 is 14.4 Å². The highest BCUT2D eigenvalue weighted by Crippen LogP contribution is 2.36. The average molecular weight is 424 g/mol. The summed E-state index contributed by atoms with van der Waals surface area (Å²) in [7, 11) is -2.06. The molecule has 11 heteroatoms. The van der Waals surface area contributed by atoms with Gasteiger partial charge in [-0.3, -0.25) is 9.59 Å². The Morgan fingerprint density at radius 3 is 2.71 bits per heavy atom. The van der Waals surface area contributed by atoms with Crippen LogP contribution in [0.1, 0.15) is 13.3 Å². The number of anilines is 1. The summed E-state index contributed by atoms with van der Waals surface area (Å²) in [5.41, 5.74) is 0.0346. The number of sulfonamides is 1. The fourth-order valence-corrected chi connectivity index (χ4v) is 6.10. The van der Waals surface area contributed by atoms with Crippen molar-refractivity contribution in [2.45, 2.75) is 23.9 Å².